The van der Waals surface area contributed by atoms with Crippen molar-refractivity contribution < 1.29 is 9.90 Å². The number of hydrogen-bond donors (Lipinski definition) is 2. The highest BCUT2D eigenvalue weighted by Gasteiger charge is 2.16. The zero-order valence-corrected chi connectivity index (χ0v) is 13.4. The molecular formula is C18H21NO2S. The Morgan fingerprint density at radius 2 is 1.91 bits per heavy atom. The number of carbonyl (C=O) groups excluding carboxylic acids is 1. The Morgan fingerprint density at radius 3 is 2.68 bits per heavy atom. The van der Waals surface area contributed by atoms with E-state index in [1.54, 1.807) is 11.3 Å². The van der Waals surface area contributed by atoms with E-state index < -0.39 is 0 Å². The van der Waals surface area contributed by atoms with Crippen molar-refractivity contribution in [1.29, 1.82) is 0 Å². The Balaban J connectivity index is 1.69. The first-order chi connectivity index (χ1) is 10.8. The largest absolute Gasteiger partial charge is 0.396 e. The third-order valence-corrected chi connectivity index (χ3v) is 5.32. The second-order valence-electron chi connectivity index (χ2n) is 5.74. The van der Waals surface area contributed by atoms with Gasteiger partial charge in [-0.1, -0.05) is 18.6 Å². The van der Waals surface area contributed by atoms with Crippen molar-refractivity contribution in [3.8, 4) is 0 Å². The molecule has 0 bridgehead atoms. The monoisotopic (exact) mass is 315 g/mol. The van der Waals surface area contributed by atoms with Crippen LogP contribution >= 0.6 is 11.3 Å². The number of hydrogen-bond acceptors (Lipinski definition) is 3. The summed E-state index contributed by atoms with van der Waals surface area (Å²) in [6, 6.07) is 9.73. The molecule has 4 heteroatoms. The summed E-state index contributed by atoms with van der Waals surface area (Å²) in [5, 5.41) is 11.9. The van der Waals surface area contributed by atoms with Gasteiger partial charge in [0.2, 0.25) is 0 Å². The lowest BCUT2D eigenvalue weighted by atomic mass is 10.1. The Morgan fingerprint density at radius 1 is 1.14 bits per heavy atom. The van der Waals surface area contributed by atoms with E-state index in [2.05, 4.69) is 11.4 Å². The van der Waals surface area contributed by atoms with E-state index in [1.807, 2.05) is 24.3 Å². The third kappa shape index (κ3) is 3.57. The molecule has 22 heavy (non-hydrogen) atoms. The fraction of sp³-hybridized carbons (Fsp3) is 0.389. The fourth-order valence-electron chi connectivity index (χ4n) is 2.86. The van der Waals surface area contributed by atoms with E-state index in [0.29, 0.717) is 6.42 Å². The van der Waals surface area contributed by atoms with Crippen LogP contribution in [0.4, 0.5) is 5.69 Å². The molecule has 2 N–H and O–H groups in total. The zero-order valence-electron chi connectivity index (χ0n) is 12.6. The molecule has 0 spiro atoms. The predicted octanol–water partition coefficient (Wildman–Crippen LogP) is 3.80. The van der Waals surface area contributed by atoms with E-state index in [4.69, 9.17) is 5.11 Å². The molecule has 0 unspecified atom stereocenters. The molecule has 1 aliphatic rings. The number of benzene rings is 1. The quantitative estimate of drug-likeness (QED) is 0.843. The van der Waals surface area contributed by atoms with Gasteiger partial charge in [0, 0.05) is 17.2 Å². The molecule has 3 rings (SSSR count). The maximum Gasteiger partial charge on any atom is 0.265 e. The van der Waals surface area contributed by atoms with E-state index in [9.17, 15) is 4.79 Å². The van der Waals surface area contributed by atoms with E-state index >= 15 is 0 Å². The van der Waals surface area contributed by atoms with Crippen LogP contribution in [0.15, 0.2) is 30.3 Å². The SMILES string of the molecule is O=C(Nc1ccc(CCO)cc1)c1cc2c(s1)CCCCC2. The average molecular weight is 315 g/mol. The number of fused-ring (bicyclic) bond motifs is 1. The summed E-state index contributed by atoms with van der Waals surface area (Å²) in [6.45, 7) is 0.145. The van der Waals surface area contributed by atoms with Crippen molar-refractivity contribution in [1.82, 2.24) is 0 Å². The first kappa shape index (κ1) is 15.3. The van der Waals surface area contributed by atoms with Crippen molar-refractivity contribution in [2.45, 2.75) is 38.5 Å². The lowest BCUT2D eigenvalue weighted by Crippen LogP contribution is -2.10. The summed E-state index contributed by atoms with van der Waals surface area (Å²) in [6.07, 6.45) is 6.63. The average Bonchev–Trinajstić information content (AvgIpc) is 2.81. The Bertz CT molecular complexity index is 622. The molecule has 1 amide bonds. The minimum absolute atomic E-state index is 0.0204. The predicted molar refractivity (Wildman–Crippen MR) is 90.8 cm³/mol. The molecule has 3 nitrogen and oxygen atoms in total. The third-order valence-electron chi connectivity index (χ3n) is 4.08. The molecule has 0 aliphatic heterocycles. The van der Waals surface area contributed by atoms with Crippen LogP contribution in [0.5, 0.6) is 0 Å². The molecule has 0 saturated heterocycles. The molecule has 1 aromatic carbocycles. The summed E-state index contributed by atoms with van der Waals surface area (Å²) in [7, 11) is 0. The normalized spacial score (nSPS) is 14.2. The van der Waals surface area contributed by atoms with Crippen LogP contribution in [0.3, 0.4) is 0 Å². The molecule has 0 fully saturated rings. The van der Waals surface area contributed by atoms with Crippen LogP contribution in [-0.4, -0.2) is 17.6 Å². The van der Waals surface area contributed by atoms with Crippen LogP contribution < -0.4 is 5.32 Å². The van der Waals surface area contributed by atoms with E-state index in [1.165, 1.54) is 29.7 Å². The number of anilines is 1. The number of rotatable bonds is 4. The Labute approximate surface area is 135 Å². The molecule has 116 valence electrons. The van der Waals surface area contributed by atoms with E-state index in [0.717, 1.165) is 29.0 Å². The second kappa shape index (κ2) is 7.07. The van der Waals surface area contributed by atoms with Crippen molar-refractivity contribution in [3.63, 3.8) is 0 Å². The van der Waals surface area contributed by atoms with Gasteiger partial charge in [-0.05, 0) is 61.4 Å². The first-order valence-electron chi connectivity index (χ1n) is 7.89. The standard InChI is InChI=1S/C18H21NO2S/c20-11-10-13-6-8-15(9-7-13)19-18(21)17-12-14-4-2-1-3-5-16(14)22-17/h6-9,12,20H,1-5,10-11H2,(H,19,21). The first-order valence-corrected chi connectivity index (χ1v) is 8.70. The van der Waals surface area contributed by atoms with Crippen molar-refractivity contribution >= 4 is 22.9 Å². The lowest BCUT2D eigenvalue weighted by Gasteiger charge is -2.05. The number of amides is 1. The zero-order chi connectivity index (χ0) is 15.4. The van der Waals surface area contributed by atoms with Gasteiger partial charge in [0.15, 0.2) is 0 Å². The van der Waals surface area contributed by atoms with Gasteiger partial charge in [0.05, 0.1) is 4.88 Å². The molecule has 2 aromatic rings. The molecule has 0 radical (unpaired) electrons. The molecule has 1 aliphatic carbocycles. The number of aliphatic hydroxyl groups is 1. The maximum atomic E-state index is 12.4. The number of carbonyl (C=O) groups is 1. The van der Waals surface area contributed by atoms with Gasteiger partial charge in [-0.3, -0.25) is 4.79 Å². The van der Waals surface area contributed by atoms with Gasteiger partial charge in [-0.2, -0.15) is 0 Å². The topological polar surface area (TPSA) is 49.3 Å². The molecule has 1 aromatic heterocycles. The van der Waals surface area contributed by atoms with Gasteiger partial charge < -0.3 is 10.4 Å². The van der Waals surface area contributed by atoms with Crippen LogP contribution in [0.25, 0.3) is 0 Å². The summed E-state index contributed by atoms with van der Waals surface area (Å²) < 4.78 is 0. The van der Waals surface area contributed by atoms with Crippen molar-refractivity contribution in [3.05, 3.63) is 51.2 Å². The fourth-order valence-corrected chi connectivity index (χ4v) is 4.00. The van der Waals surface area contributed by atoms with Crippen LogP contribution in [0.1, 0.15) is 44.9 Å². The minimum Gasteiger partial charge on any atom is -0.396 e. The van der Waals surface area contributed by atoms with Gasteiger partial charge in [0.25, 0.3) is 5.91 Å². The number of aliphatic hydroxyl groups excluding tert-OH is 1. The van der Waals surface area contributed by atoms with Crippen LogP contribution in [0.2, 0.25) is 0 Å². The van der Waals surface area contributed by atoms with Gasteiger partial charge >= 0.3 is 0 Å². The van der Waals surface area contributed by atoms with Crippen LogP contribution in [-0.2, 0) is 19.3 Å². The summed E-state index contributed by atoms with van der Waals surface area (Å²) in [5.41, 5.74) is 3.24. The number of thiophene rings is 1. The summed E-state index contributed by atoms with van der Waals surface area (Å²) in [5.74, 6) is -0.0204. The van der Waals surface area contributed by atoms with Gasteiger partial charge in [0.1, 0.15) is 0 Å². The molecular weight excluding hydrogens is 294 g/mol. The Hall–Kier alpha value is -1.65. The molecule has 0 saturated carbocycles. The maximum absolute atomic E-state index is 12.4. The summed E-state index contributed by atoms with van der Waals surface area (Å²) >= 11 is 1.64. The smallest absolute Gasteiger partial charge is 0.265 e. The van der Waals surface area contributed by atoms with Crippen molar-refractivity contribution in [2.75, 3.05) is 11.9 Å². The minimum atomic E-state index is -0.0204. The highest BCUT2D eigenvalue weighted by molar-refractivity contribution is 7.14. The highest BCUT2D eigenvalue weighted by Crippen LogP contribution is 2.29. The van der Waals surface area contributed by atoms with Crippen molar-refractivity contribution in [2.24, 2.45) is 0 Å². The number of nitrogens with one attached hydrogen (secondary N) is 1. The molecule has 0 atom stereocenters. The summed E-state index contributed by atoms with van der Waals surface area (Å²) in [4.78, 5) is 14.6. The molecule has 1 heterocycles. The van der Waals surface area contributed by atoms with Gasteiger partial charge in [-0.25, -0.2) is 0 Å². The lowest BCUT2D eigenvalue weighted by molar-refractivity contribution is 0.103. The number of aryl methyl sites for hydroxylation is 2. The second-order valence-corrected chi connectivity index (χ2v) is 6.88. The van der Waals surface area contributed by atoms with Crippen LogP contribution in [0, 0.1) is 0 Å². The highest BCUT2D eigenvalue weighted by atomic mass is 32.1. The van der Waals surface area contributed by atoms with E-state index in [-0.39, 0.29) is 12.5 Å². The Kier molecular flexibility index (Phi) is 4.90. The van der Waals surface area contributed by atoms with Gasteiger partial charge in [-0.15, -0.1) is 11.3 Å².